The lowest BCUT2D eigenvalue weighted by atomic mass is 9.85. The van der Waals surface area contributed by atoms with Crippen LogP contribution in [0.3, 0.4) is 0 Å². The van der Waals surface area contributed by atoms with Crippen molar-refractivity contribution in [1.29, 1.82) is 10.5 Å². The largest absolute Gasteiger partial charge is 0.268 e. The first kappa shape index (κ1) is 26.9. The van der Waals surface area contributed by atoms with Crippen molar-refractivity contribution in [2.45, 2.75) is 12.3 Å². The van der Waals surface area contributed by atoms with Crippen LogP contribution in [0, 0.1) is 22.7 Å². The fraction of sp³-hybridized carbons (Fsp3) is 0.0526. The molecule has 2 aliphatic heterocycles. The van der Waals surface area contributed by atoms with E-state index in [1.165, 1.54) is 36.4 Å². The van der Waals surface area contributed by atoms with Crippen molar-refractivity contribution in [3.05, 3.63) is 148 Å². The summed E-state index contributed by atoms with van der Waals surface area (Å²) in [4.78, 5) is 57.8. The normalized spacial score (nSPS) is 16.4. The minimum atomic E-state index is -0.621. The molecule has 0 radical (unpaired) electrons. The maximum absolute atomic E-state index is 13.9. The lowest BCUT2D eigenvalue weighted by Crippen LogP contribution is -2.43. The van der Waals surface area contributed by atoms with Crippen LogP contribution in [0.2, 0.25) is 0 Å². The van der Waals surface area contributed by atoms with Gasteiger partial charge in [0, 0.05) is 38.9 Å². The first-order valence-electron chi connectivity index (χ1n) is 14.6. The molecule has 4 aliphatic rings. The Morgan fingerprint density at radius 3 is 1.57 bits per heavy atom. The van der Waals surface area contributed by atoms with Crippen LogP contribution < -0.4 is 9.80 Å². The van der Waals surface area contributed by atoms with E-state index in [9.17, 15) is 29.7 Å². The lowest BCUT2D eigenvalue weighted by molar-refractivity contribution is 0.0873. The number of anilines is 2. The molecule has 0 saturated heterocycles. The van der Waals surface area contributed by atoms with Gasteiger partial charge >= 0.3 is 0 Å². The summed E-state index contributed by atoms with van der Waals surface area (Å²) < 4.78 is 0. The van der Waals surface area contributed by atoms with Gasteiger partial charge in [0.2, 0.25) is 0 Å². The second-order valence-electron chi connectivity index (χ2n) is 11.3. The molecule has 8 heteroatoms. The molecular formula is C38H20N4O4. The molecule has 216 valence electrons. The zero-order chi connectivity index (χ0) is 31.7. The zero-order valence-electron chi connectivity index (χ0n) is 24.0. The van der Waals surface area contributed by atoms with E-state index in [0.717, 1.165) is 27.4 Å². The van der Waals surface area contributed by atoms with Crippen LogP contribution in [0.5, 0.6) is 0 Å². The number of nitrogens with zero attached hydrogens (tertiary/aromatic N) is 4. The van der Waals surface area contributed by atoms with E-state index in [1.807, 2.05) is 42.5 Å². The zero-order valence-corrected chi connectivity index (χ0v) is 24.0. The highest BCUT2D eigenvalue weighted by Gasteiger charge is 2.41. The van der Waals surface area contributed by atoms with E-state index in [-0.39, 0.29) is 50.3 Å². The molecule has 46 heavy (non-hydrogen) atoms. The Morgan fingerprint density at radius 2 is 1.09 bits per heavy atom. The molecule has 0 saturated carbocycles. The number of nitriles is 2. The summed E-state index contributed by atoms with van der Waals surface area (Å²) in [5, 5.41) is 20.2. The van der Waals surface area contributed by atoms with Gasteiger partial charge in [0.05, 0.1) is 34.6 Å². The van der Waals surface area contributed by atoms with Gasteiger partial charge in [-0.25, -0.2) is 9.80 Å². The quantitative estimate of drug-likeness (QED) is 0.241. The molecular weight excluding hydrogens is 576 g/mol. The predicted molar refractivity (Wildman–Crippen MR) is 171 cm³/mol. The van der Waals surface area contributed by atoms with Gasteiger partial charge in [-0.1, -0.05) is 54.7 Å². The molecule has 4 amide bonds. The first-order valence-corrected chi connectivity index (χ1v) is 14.6. The lowest BCUT2D eigenvalue weighted by Gasteiger charge is -2.32. The van der Waals surface area contributed by atoms with Crippen LogP contribution in [0.1, 0.15) is 76.0 Å². The van der Waals surface area contributed by atoms with E-state index in [1.54, 1.807) is 24.3 Å². The molecule has 8 nitrogen and oxygen atoms in total. The van der Waals surface area contributed by atoms with Crippen molar-refractivity contribution in [2.75, 3.05) is 9.80 Å². The number of hydrogen-bond donors (Lipinski definition) is 0. The number of allylic oxidation sites excluding steroid dienone is 8. The van der Waals surface area contributed by atoms with Crippen LogP contribution in [0.15, 0.2) is 103 Å². The van der Waals surface area contributed by atoms with Gasteiger partial charge in [-0.15, -0.1) is 0 Å². The number of hydrogen-bond acceptors (Lipinski definition) is 6. The van der Waals surface area contributed by atoms with Crippen LogP contribution in [-0.2, 0) is 0 Å². The predicted octanol–water partition coefficient (Wildman–Crippen LogP) is 6.74. The third kappa shape index (κ3) is 3.71. The second kappa shape index (κ2) is 9.95. The summed E-state index contributed by atoms with van der Waals surface area (Å²) in [6, 6.07) is 20.1. The number of carbonyl (C=O) groups is 4. The second-order valence-corrected chi connectivity index (χ2v) is 11.3. The highest BCUT2D eigenvalue weighted by molar-refractivity contribution is 6.42. The summed E-state index contributed by atoms with van der Waals surface area (Å²) in [5.41, 5.74) is 4.21. The van der Waals surface area contributed by atoms with E-state index < -0.39 is 23.6 Å². The van der Waals surface area contributed by atoms with Gasteiger partial charge in [0.15, 0.2) is 0 Å². The Morgan fingerprint density at radius 1 is 0.609 bits per heavy atom. The monoisotopic (exact) mass is 596 g/mol. The topological polar surface area (TPSA) is 122 Å². The summed E-state index contributed by atoms with van der Waals surface area (Å²) in [6.45, 7) is 0. The smallest absolute Gasteiger partial charge is 0.265 e. The Hall–Kier alpha value is -6.64. The summed E-state index contributed by atoms with van der Waals surface area (Å²) in [5.74, 6) is -2.56. The molecule has 0 fully saturated rings. The Kier molecular flexibility index (Phi) is 5.83. The third-order valence-electron chi connectivity index (χ3n) is 8.88. The third-order valence-corrected chi connectivity index (χ3v) is 8.88. The molecule has 0 N–H and O–H groups in total. The molecule has 4 aromatic carbocycles. The SMILES string of the molecule is N#Cc1cc(N2C(=O)c3ccc4c5c(ccc(c35)C2=O)C(=O)N(c2ccc(C3C=CC=C3)c(C#N)c2)C4=O)ccc1C1=CCC=C1. The van der Waals surface area contributed by atoms with Crippen molar-refractivity contribution in [3.8, 4) is 12.1 Å². The molecule has 0 unspecified atom stereocenters. The van der Waals surface area contributed by atoms with E-state index in [2.05, 4.69) is 12.1 Å². The first-order chi connectivity index (χ1) is 22.4. The maximum atomic E-state index is 13.9. The Balaban J connectivity index is 1.21. The van der Waals surface area contributed by atoms with Gasteiger partial charge < -0.3 is 0 Å². The molecule has 0 aromatic heterocycles. The minimum absolute atomic E-state index is 0.0748. The Labute approximate surface area is 262 Å². The van der Waals surface area contributed by atoms with Gasteiger partial charge in [-0.2, -0.15) is 10.5 Å². The average molecular weight is 597 g/mol. The highest BCUT2D eigenvalue weighted by atomic mass is 16.2. The van der Waals surface area contributed by atoms with Crippen LogP contribution in [-0.4, -0.2) is 23.6 Å². The molecule has 0 spiro atoms. The fourth-order valence-electron chi connectivity index (χ4n) is 6.73. The van der Waals surface area contributed by atoms with Crippen molar-refractivity contribution in [2.24, 2.45) is 0 Å². The molecule has 0 atom stereocenters. The summed E-state index contributed by atoms with van der Waals surface area (Å²) in [7, 11) is 0. The van der Waals surface area contributed by atoms with Gasteiger partial charge in [0.1, 0.15) is 0 Å². The van der Waals surface area contributed by atoms with E-state index in [4.69, 9.17) is 0 Å². The minimum Gasteiger partial charge on any atom is -0.268 e. The molecule has 4 aromatic rings. The standard InChI is InChI=1S/C38H20N4O4/c39-19-23-17-25(9-11-27(23)21-5-1-2-6-21)41-35(43)29-13-15-31-34-32(16-14-30(33(29)34)36(41)44)38(46)42(37(31)45)26-10-12-28(24(18-26)20-40)22-7-3-4-8-22/h1-3,5-18,21H,4H2. The number of amides is 4. The van der Waals surface area contributed by atoms with Gasteiger partial charge in [-0.3, -0.25) is 19.2 Å². The number of carbonyl (C=O) groups excluding carboxylic acids is 4. The molecule has 2 aliphatic carbocycles. The highest BCUT2D eigenvalue weighted by Crippen LogP contribution is 2.41. The van der Waals surface area contributed by atoms with E-state index in [0.29, 0.717) is 16.7 Å². The maximum Gasteiger partial charge on any atom is 0.265 e. The van der Waals surface area contributed by atoms with Crippen molar-refractivity contribution in [1.82, 2.24) is 0 Å². The van der Waals surface area contributed by atoms with Gasteiger partial charge in [-0.05, 0) is 71.7 Å². The summed E-state index contributed by atoms with van der Waals surface area (Å²) >= 11 is 0. The van der Waals surface area contributed by atoms with Crippen molar-refractivity contribution < 1.29 is 19.2 Å². The number of rotatable bonds is 4. The fourth-order valence-corrected chi connectivity index (χ4v) is 6.73. The number of benzene rings is 4. The summed E-state index contributed by atoms with van der Waals surface area (Å²) in [6.07, 6.45) is 14.4. The van der Waals surface area contributed by atoms with Crippen LogP contribution >= 0.6 is 0 Å². The molecule has 8 rings (SSSR count). The molecule has 0 bridgehead atoms. The molecule has 2 heterocycles. The van der Waals surface area contributed by atoms with Crippen LogP contribution in [0.4, 0.5) is 11.4 Å². The Bertz CT molecular complexity index is 2280. The number of imide groups is 2. The van der Waals surface area contributed by atoms with Crippen LogP contribution in [0.25, 0.3) is 16.3 Å². The van der Waals surface area contributed by atoms with Gasteiger partial charge in [0.25, 0.3) is 23.6 Å². The van der Waals surface area contributed by atoms with Crippen molar-refractivity contribution in [3.63, 3.8) is 0 Å². The van der Waals surface area contributed by atoms with Crippen molar-refractivity contribution >= 4 is 51.3 Å². The van der Waals surface area contributed by atoms with E-state index >= 15 is 0 Å². The average Bonchev–Trinajstić information content (AvgIpc) is 3.82.